The van der Waals surface area contributed by atoms with E-state index in [1.807, 2.05) is 30.3 Å². The zero-order chi connectivity index (χ0) is 17.4. The van der Waals surface area contributed by atoms with Crippen LogP contribution in [0.2, 0.25) is 0 Å². The molecule has 25 heavy (non-hydrogen) atoms. The van der Waals surface area contributed by atoms with Gasteiger partial charge in [-0.15, -0.1) is 0 Å². The van der Waals surface area contributed by atoms with Crippen molar-refractivity contribution in [2.45, 2.75) is 38.1 Å². The molecule has 0 unspecified atom stereocenters. The Morgan fingerprint density at radius 3 is 2.44 bits per heavy atom. The Kier molecular flexibility index (Phi) is 3.91. The molecule has 1 saturated carbocycles. The van der Waals surface area contributed by atoms with Gasteiger partial charge in [-0.3, -0.25) is 9.36 Å². The number of nitrogens with zero attached hydrogens (tertiary/aromatic N) is 5. The summed E-state index contributed by atoms with van der Waals surface area (Å²) >= 11 is 0. The highest BCUT2D eigenvalue weighted by Crippen LogP contribution is 2.31. The predicted molar refractivity (Wildman–Crippen MR) is 93.5 cm³/mol. The summed E-state index contributed by atoms with van der Waals surface area (Å²) in [4.78, 5) is 33.1. The fourth-order valence-electron chi connectivity index (χ4n) is 3.38. The molecule has 128 valence electrons. The molecule has 4 rings (SSSR count). The van der Waals surface area contributed by atoms with Crippen molar-refractivity contribution in [3.63, 3.8) is 0 Å². The molecular formula is C18H19N5O2. The van der Waals surface area contributed by atoms with Crippen molar-refractivity contribution in [2.75, 3.05) is 0 Å². The Bertz CT molecular complexity index is 987. The lowest BCUT2D eigenvalue weighted by Crippen LogP contribution is -2.38. The lowest BCUT2D eigenvalue weighted by atomic mass is 9.95. The number of hydrogen-bond acceptors (Lipinski definition) is 5. The van der Waals surface area contributed by atoms with Crippen molar-refractivity contribution in [2.24, 2.45) is 7.05 Å². The monoisotopic (exact) mass is 337 g/mol. The molecule has 2 heterocycles. The molecule has 2 aliphatic heterocycles. The molecule has 0 aromatic heterocycles. The largest absolute Gasteiger partial charge is 0.352 e. The fourth-order valence-corrected chi connectivity index (χ4v) is 3.38. The van der Waals surface area contributed by atoms with Gasteiger partial charge in [-0.05, 0) is 12.8 Å². The van der Waals surface area contributed by atoms with Crippen LogP contribution < -0.4 is 11.2 Å². The molecule has 0 amide bonds. The second-order valence-electron chi connectivity index (χ2n) is 6.47. The van der Waals surface area contributed by atoms with E-state index in [1.165, 1.54) is 13.5 Å². The summed E-state index contributed by atoms with van der Waals surface area (Å²) in [6.45, 7) is 0. The first-order chi connectivity index (χ1) is 12.1. The summed E-state index contributed by atoms with van der Waals surface area (Å²) < 4.78 is 2.75. The minimum atomic E-state index is -0.571. The van der Waals surface area contributed by atoms with Gasteiger partial charge in [-0.1, -0.05) is 49.6 Å². The van der Waals surface area contributed by atoms with Crippen molar-refractivity contribution >= 4 is 0 Å². The van der Waals surface area contributed by atoms with Gasteiger partial charge >= 0.3 is 5.69 Å². The SMILES string of the molecule is Cn1c(=O)nc2n(C3CCCCC3)nc(-c3ccccc3)nc-2c1=O. The minimum absolute atomic E-state index is 0.140. The van der Waals surface area contributed by atoms with E-state index in [-0.39, 0.29) is 11.7 Å². The molecule has 7 heteroatoms. The van der Waals surface area contributed by atoms with Gasteiger partial charge in [0.1, 0.15) is 0 Å². The molecule has 0 spiro atoms. The van der Waals surface area contributed by atoms with Gasteiger partial charge in [0.05, 0.1) is 6.04 Å². The van der Waals surface area contributed by atoms with E-state index in [4.69, 9.17) is 0 Å². The maximum absolute atomic E-state index is 12.6. The maximum atomic E-state index is 12.6. The molecule has 7 nitrogen and oxygen atoms in total. The second kappa shape index (κ2) is 6.23. The third-order valence-electron chi connectivity index (χ3n) is 4.80. The van der Waals surface area contributed by atoms with E-state index < -0.39 is 11.2 Å². The van der Waals surface area contributed by atoms with Crippen LogP contribution in [0.4, 0.5) is 0 Å². The summed E-state index contributed by atoms with van der Waals surface area (Å²) in [6, 6.07) is 9.69. The second-order valence-corrected chi connectivity index (χ2v) is 6.47. The highest BCUT2D eigenvalue weighted by atomic mass is 16.2. The van der Waals surface area contributed by atoms with Gasteiger partial charge < -0.3 is 0 Å². The van der Waals surface area contributed by atoms with Gasteiger partial charge in [0.2, 0.25) is 0 Å². The van der Waals surface area contributed by atoms with Gasteiger partial charge in [0, 0.05) is 12.6 Å². The minimum Gasteiger partial charge on any atom is -0.267 e. The zero-order valence-electron chi connectivity index (χ0n) is 14.1. The fraction of sp³-hybridized carbons (Fsp3) is 0.389. The number of hydrogen-bond donors (Lipinski definition) is 0. The summed E-state index contributed by atoms with van der Waals surface area (Å²) in [7, 11) is 1.42. The smallest absolute Gasteiger partial charge is 0.267 e. The van der Waals surface area contributed by atoms with Crippen molar-refractivity contribution < 1.29 is 0 Å². The van der Waals surface area contributed by atoms with E-state index in [2.05, 4.69) is 15.1 Å². The molecule has 1 aliphatic carbocycles. The van der Waals surface area contributed by atoms with E-state index in [0.29, 0.717) is 11.6 Å². The number of benzene rings is 1. The topological polar surface area (TPSA) is 82.7 Å². The Labute approximate surface area is 144 Å². The summed E-state index contributed by atoms with van der Waals surface area (Å²) in [6.07, 6.45) is 5.36. The molecule has 1 aromatic carbocycles. The van der Waals surface area contributed by atoms with E-state index in [1.54, 1.807) is 4.68 Å². The molecule has 1 fully saturated rings. The van der Waals surface area contributed by atoms with Crippen molar-refractivity contribution in [1.82, 2.24) is 24.3 Å². The third kappa shape index (κ3) is 2.75. The summed E-state index contributed by atoms with van der Waals surface area (Å²) in [5.74, 6) is 0.774. The first kappa shape index (κ1) is 15.7. The van der Waals surface area contributed by atoms with Crippen LogP contribution in [-0.2, 0) is 7.05 Å². The lowest BCUT2D eigenvalue weighted by molar-refractivity contribution is 0.324. The molecule has 0 radical (unpaired) electrons. The first-order valence-corrected chi connectivity index (χ1v) is 8.58. The lowest BCUT2D eigenvalue weighted by Gasteiger charge is -2.26. The normalized spacial score (nSPS) is 15.6. The Morgan fingerprint density at radius 1 is 1.00 bits per heavy atom. The Balaban J connectivity index is 2.00. The number of aromatic nitrogens is 5. The highest BCUT2D eigenvalue weighted by molar-refractivity contribution is 5.59. The zero-order valence-corrected chi connectivity index (χ0v) is 14.1. The van der Waals surface area contributed by atoms with E-state index in [9.17, 15) is 9.59 Å². The molecule has 0 atom stereocenters. The Morgan fingerprint density at radius 2 is 1.72 bits per heavy atom. The average Bonchev–Trinajstić information content (AvgIpc) is 2.67. The standard InChI is InChI=1S/C18H19N5O2/c1-22-17(24)14-16(20-18(22)25)23(13-10-6-3-7-11-13)21-15(19-14)12-8-4-2-5-9-12/h2,4-5,8-9,13H,3,6-7,10-11H2,1H3. The predicted octanol–water partition coefficient (Wildman–Crippen LogP) is 2.01. The highest BCUT2D eigenvalue weighted by Gasteiger charge is 2.26. The maximum Gasteiger partial charge on any atom is 0.352 e. The van der Waals surface area contributed by atoms with Gasteiger partial charge in [-0.2, -0.15) is 10.1 Å². The summed E-state index contributed by atoms with van der Waals surface area (Å²) in [5.41, 5.74) is 0.0287. The average molecular weight is 337 g/mol. The molecule has 1 aromatic rings. The van der Waals surface area contributed by atoms with Crippen LogP contribution in [0.3, 0.4) is 0 Å². The Hall–Kier alpha value is -2.83. The van der Waals surface area contributed by atoms with Gasteiger partial charge in [0.25, 0.3) is 5.56 Å². The summed E-state index contributed by atoms with van der Waals surface area (Å²) in [5, 5.41) is 4.66. The van der Waals surface area contributed by atoms with E-state index >= 15 is 0 Å². The molecule has 0 bridgehead atoms. The number of fused-ring (bicyclic) bond motifs is 1. The van der Waals surface area contributed by atoms with Crippen LogP contribution in [0.25, 0.3) is 22.9 Å². The quantitative estimate of drug-likeness (QED) is 0.714. The van der Waals surface area contributed by atoms with E-state index in [0.717, 1.165) is 35.8 Å². The van der Waals surface area contributed by atoms with Crippen LogP contribution in [0.5, 0.6) is 0 Å². The third-order valence-corrected chi connectivity index (χ3v) is 4.80. The van der Waals surface area contributed by atoms with Gasteiger partial charge in [0.15, 0.2) is 17.3 Å². The van der Waals surface area contributed by atoms with Crippen LogP contribution >= 0.6 is 0 Å². The molecular weight excluding hydrogens is 318 g/mol. The van der Waals surface area contributed by atoms with Crippen LogP contribution in [0.15, 0.2) is 39.9 Å². The van der Waals surface area contributed by atoms with Crippen molar-refractivity contribution in [1.29, 1.82) is 0 Å². The molecule has 0 saturated heterocycles. The van der Waals surface area contributed by atoms with Crippen molar-refractivity contribution in [3.8, 4) is 22.9 Å². The first-order valence-electron chi connectivity index (χ1n) is 8.58. The van der Waals surface area contributed by atoms with Crippen LogP contribution in [0, 0.1) is 0 Å². The van der Waals surface area contributed by atoms with Crippen LogP contribution in [-0.4, -0.2) is 24.3 Å². The van der Waals surface area contributed by atoms with Gasteiger partial charge in [-0.25, -0.2) is 14.5 Å². The molecule has 3 aliphatic rings. The van der Waals surface area contributed by atoms with Crippen LogP contribution in [0.1, 0.15) is 38.1 Å². The number of rotatable bonds is 2. The van der Waals surface area contributed by atoms with Crippen molar-refractivity contribution in [3.05, 3.63) is 51.2 Å². The molecule has 0 N–H and O–H groups in total.